The van der Waals surface area contributed by atoms with Crippen molar-refractivity contribution < 1.29 is 19.4 Å². The number of carboxylic acids is 1. The zero-order valence-electron chi connectivity index (χ0n) is 18.4. The Morgan fingerprint density at radius 3 is 2.68 bits per heavy atom. The fourth-order valence-corrected chi connectivity index (χ4v) is 3.52. The van der Waals surface area contributed by atoms with Gasteiger partial charge in [-0.25, -0.2) is 0 Å². The molecular formula is C26H30O4S. The van der Waals surface area contributed by atoms with Crippen LogP contribution in [0.25, 0.3) is 11.1 Å². The van der Waals surface area contributed by atoms with Gasteiger partial charge in [0.1, 0.15) is 17.5 Å². The van der Waals surface area contributed by atoms with Gasteiger partial charge >= 0.3 is 5.97 Å². The summed E-state index contributed by atoms with van der Waals surface area (Å²) >= 11 is 1.65. The normalized spacial score (nSPS) is 12.2. The first-order valence-corrected chi connectivity index (χ1v) is 11.4. The van der Waals surface area contributed by atoms with E-state index in [1.807, 2.05) is 50.4 Å². The molecule has 1 atom stereocenters. The minimum atomic E-state index is -1.08. The molecule has 0 aliphatic carbocycles. The number of hydrogen-bond donors (Lipinski definition) is 1. The van der Waals surface area contributed by atoms with Crippen LogP contribution >= 0.6 is 11.3 Å². The van der Waals surface area contributed by atoms with Crippen LogP contribution in [0.3, 0.4) is 0 Å². The Morgan fingerprint density at radius 1 is 1.19 bits per heavy atom. The third-order valence-electron chi connectivity index (χ3n) is 4.48. The van der Waals surface area contributed by atoms with Crippen LogP contribution in [-0.4, -0.2) is 23.5 Å². The molecule has 5 heteroatoms. The number of carboxylic acid groups (broad SMARTS) is 1. The van der Waals surface area contributed by atoms with Crippen molar-refractivity contribution in [1.82, 2.24) is 0 Å². The lowest BCUT2D eigenvalue weighted by atomic mass is 9.96. The largest absolute Gasteiger partial charge is 0.494 e. The van der Waals surface area contributed by atoms with Crippen LogP contribution in [0.1, 0.15) is 46.5 Å². The summed E-state index contributed by atoms with van der Waals surface area (Å²) < 4.78 is 5.80. The Balaban J connectivity index is 1.74. The molecule has 1 aromatic carbocycles. The van der Waals surface area contributed by atoms with Gasteiger partial charge in [0.25, 0.3) is 0 Å². The molecule has 4 nitrogen and oxygen atoms in total. The molecule has 1 unspecified atom stereocenters. The predicted molar refractivity (Wildman–Crippen MR) is 126 cm³/mol. The Morgan fingerprint density at radius 2 is 2.00 bits per heavy atom. The number of carbonyl (C=O) groups is 2. The van der Waals surface area contributed by atoms with Crippen molar-refractivity contribution >= 4 is 23.1 Å². The number of thiophene rings is 1. The van der Waals surface area contributed by atoms with Crippen molar-refractivity contribution in [2.24, 2.45) is 11.3 Å². The SMILES string of the molecule is CC(C)(C)C#C/C=C/CC(C(=O)O)C(=O)CCCCOc1cccc(-c2ccsc2)c1. The van der Waals surface area contributed by atoms with Gasteiger partial charge in [-0.05, 0) is 86.2 Å². The Hall–Kier alpha value is -2.84. The van der Waals surface area contributed by atoms with Gasteiger partial charge in [-0.15, -0.1) is 0 Å². The number of allylic oxidation sites excluding steroid dienone is 2. The van der Waals surface area contributed by atoms with Gasteiger partial charge in [0.2, 0.25) is 0 Å². The summed E-state index contributed by atoms with van der Waals surface area (Å²) in [7, 11) is 0. The second-order valence-corrected chi connectivity index (χ2v) is 9.14. The summed E-state index contributed by atoms with van der Waals surface area (Å²) in [5, 5.41) is 13.5. The molecule has 2 rings (SSSR count). The summed E-state index contributed by atoms with van der Waals surface area (Å²) in [6.07, 6.45) is 4.98. The fraction of sp³-hybridized carbons (Fsp3) is 0.385. The number of ether oxygens (including phenoxy) is 1. The van der Waals surface area contributed by atoms with E-state index in [9.17, 15) is 14.7 Å². The average Bonchev–Trinajstić information content (AvgIpc) is 3.24. The van der Waals surface area contributed by atoms with Crippen molar-refractivity contribution in [3.63, 3.8) is 0 Å². The van der Waals surface area contributed by atoms with Crippen LogP contribution in [0.5, 0.6) is 5.75 Å². The molecule has 31 heavy (non-hydrogen) atoms. The zero-order valence-corrected chi connectivity index (χ0v) is 19.2. The van der Waals surface area contributed by atoms with Gasteiger partial charge in [0.05, 0.1) is 6.61 Å². The third kappa shape index (κ3) is 9.23. The molecule has 0 bridgehead atoms. The maximum atomic E-state index is 12.3. The highest BCUT2D eigenvalue weighted by atomic mass is 32.1. The van der Waals surface area contributed by atoms with E-state index >= 15 is 0 Å². The molecule has 1 aromatic heterocycles. The highest BCUT2D eigenvalue weighted by Crippen LogP contribution is 2.25. The van der Waals surface area contributed by atoms with E-state index in [0.29, 0.717) is 19.4 Å². The molecule has 0 aliphatic heterocycles. The molecule has 0 fully saturated rings. The second-order valence-electron chi connectivity index (χ2n) is 8.36. The van der Waals surface area contributed by atoms with Crippen LogP contribution in [-0.2, 0) is 9.59 Å². The van der Waals surface area contributed by atoms with E-state index in [0.717, 1.165) is 11.3 Å². The molecular weight excluding hydrogens is 408 g/mol. The first-order chi connectivity index (χ1) is 14.8. The lowest BCUT2D eigenvalue weighted by molar-refractivity contribution is -0.146. The molecule has 0 saturated heterocycles. The maximum absolute atomic E-state index is 12.3. The molecule has 0 spiro atoms. The number of rotatable bonds is 11. The van der Waals surface area contributed by atoms with Crippen molar-refractivity contribution in [3.05, 3.63) is 53.2 Å². The second kappa shape index (κ2) is 12.1. The van der Waals surface area contributed by atoms with Crippen LogP contribution < -0.4 is 4.74 Å². The van der Waals surface area contributed by atoms with Crippen molar-refractivity contribution in [2.45, 2.75) is 46.5 Å². The Kier molecular flexibility index (Phi) is 9.55. The van der Waals surface area contributed by atoms with Crippen molar-refractivity contribution in [3.8, 4) is 28.7 Å². The Bertz CT molecular complexity index is 940. The molecule has 0 saturated carbocycles. The smallest absolute Gasteiger partial charge is 0.314 e. The molecule has 1 N–H and O–H groups in total. The monoisotopic (exact) mass is 438 g/mol. The van der Waals surface area contributed by atoms with Gasteiger partial charge in [0, 0.05) is 11.8 Å². The molecule has 0 aliphatic rings. The molecule has 164 valence electrons. The molecule has 0 radical (unpaired) electrons. The number of aliphatic carboxylic acids is 1. The standard InChI is InChI=1S/C26H30O4S/c1-26(2,3)15-7-4-5-12-23(25(28)29)24(27)13-6-8-16-30-22-11-9-10-20(18-22)21-14-17-31-19-21/h4-5,9-11,14,17-19,23H,6,8,12-13,16H2,1-3H3,(H,28,29)/b5-4+. The van der Waals surface area contributed by atoms with Crippen molar-refractivity contribution in [1.29, 1.82) is 0 Å². The number of carbonyl (C=O) groups excluding carboxylic acids is 1. The van der Waals surface area contributed by atoms with Gasteiger partial charge in [-0.3, -0.25) is 9.59 Å². The highest BCUT2D eigenvalue weighted by Gasteiger charge is 2.24. The zero-order chi connectivity index (χ0) is 22.7. The van der Waals surface area contributed by atoms with E-state index in [2.05, 4.69) is 23.3 Å². The molecule has 1 heterocycles. The van der Waals surface area contributed by atoms with Crippen LogP contribution in [0.4, 0.5) is 0 Å². The van der Waals surface area contributed by atoms with Gasteiger partial charge < -0.3 is 9.84 Å². The minimum absolute atomic E-state index is 0.111. The average molecular weight is 439 g/mol. The quantitative estimate of drug-likeness (QED) is 0.257. The van der Waals surface area contributed by atoms with E-state index < -0.39 is 11.9 Å². The number of benzene rings is 1. The fourth-order valence-electron chi connectivity index (χ4n) is 2.85. The molecule has 0 amide bonds. The first kappa shape index (κ1) is 24.4. The van der Waals surface area contributed by atoms with Gasteiger partial charge in [0.15, 0.2) is 0 Å². The van der Waals surface area contributed by atoms with Gasteiger partial charge in [-0.1, -0.05) is 30.0 Å². The highest BCUT2D eigenvalue weighted by molar-refractivity contribution is 7.08. The Labute approximate surface area is 189 Å². The maximum Gasteiger partial charge on any atom is 0.314 e. The first-order valence-electron chi connectivity index (χ1n) is 10.4. The lowest BCUT2D eigenvalue weighted by Crippen LogP contribution is -2.23. The van der Waals surface area contributed by atoms with Crippen LogP contribution in [0, 0.1) is 23.2 Å². The van der Waals surface area contributed by atoms with E-state index in [1.54, 1.807) is 23.5 Å². The topological polar surface area (TPSA) is 63.6 Å². The van der Waals surface area contributed by atoms with E-state index in [-0.39, 0.29) is 24.0 Å². The third-order valence-corrected chi connectivity index (χ3v) is 5.16. The van der Waals surface area contributed by atoms with Crippen molar-refractivity contribution in [2.75, 3.05) is 6.61 Å². The van der Waals surface area contributed by atoms with E-state index in [1.165, 1.54) is 5.56 Å². The number of hydrogen-bond acceptors (Lipinski definition) is 4. The number of unbranched alkanes of at least 4 members (excludes halogenated alkanes) is 1. The predicted octanol–water partition coefficient (Wildman–Crippen LogP) is 6.23. The number of ketones is 1. The summed E-state index contributed by atoms with van der Waals surface area (Å²) in [4.78, 5) is 23.8. The minimum Gasteiger partial charge on any atom is -0.494 e. The molecule has 2 aromatic rings. The van der Waals surface area contributed by atoms with Crippen LogP contribution in [0.2, 0.25) is 0 Å². The van der Waals surface area contributed by atoms with Gasteiger partial charge in [-0.2, -0.15) is 11.3 Å². The summed E-state index contributed by atoms with van der Waals surface area (Å²) in [6.45, 7) is 6.49. The van der Waals surface area contributed by atoms with Crippen LogP contribution in [0.15, 0.2) is 53.2 Å². The summed E-state index contributed by atoms with van der Waals surface area (Å²) in [6, 6.07) is 9.99. The number of Topliss-reactive ketones (excluding diaryl/α,β-unsaturated/α-hetero) is 1. The van der Waals surface area contributed by atoms with E-state index in [4.69, 9.17) is 4.74 Å². The summed E-state index contributed by atoms with van der Waals surface area (Å²) in [5.74, 6) is 4.38. The summed E-state index contributed by atoms with van der Waals surface area (Å²) in [5.41, 5.74) is 2.16. The lowest BCUT2D eigenvalue weighted by Gasteiger charge is -2.10.